The van der Waals surface area contributed by atoms with Crippen LogP contribution in [-0.4, -0.2) is 31.2 Å². The number of aryl methyl sites for hydroxylation is 1. The summed E-state index contributed by atoms with van der Waals surface area (Å²) < 4.78 is 26.2. The zero-order chi connectivity index (χ0) is 20.5. The number of carbonyl (C=O) groups is 2. The molecule has 0 spiro atoms. The van der Waals surface area contributed by atoms with Gasteiger partial charge in [0.25, 0.3) is 0 Å². The van der Waals surface area contributed by atoms with E-state index in [-0.39, 0.29) is 34.1 Å². The SMILES string of the molecule is Cc1cc(NC(=O)CCS(=O)(=O)c2ccc3c(c2)NC(=O)[C@H](C)S3)ccc1Br. The maximum absolute atomic E-state index is 12.6. The minimum absolute atomic E-state index is 0.0917. The first kappa shape index (κ1) is 20.9. The number of hydrogen-bond acceptors (Lipinski definition) is 5. The van der Waals surface area contributed by atoms with E-state index in [1.807, 2.05) is 13.0 Å². The highest BCUT2D eigenvalue weighted by molar-refractivity contribution is 9.10. The summed E-state index contributed by atoms with van der Waals surface area (Å²) in [5, 5.41) is 5.21. The van der Waals surface area contributed by atoms with E-state index < -0.39 is 9.84 Å². The molecule has 28 heavy (non-hydrogen) atoms. The molecule has 2 amide bonds. The first-order valence-electron chi connectivity index (χ1n) is 8.56. The number of carbonyl (C=O) groups excluding carboxylic acids is 2. The molecule has 0 fully saturated rings. The van der Waals surface area contributed by atoms with Crippen LogP contribution in [0.5, 0.6) is 0 Å². The van der Waals surface area contributed by atoms with Crippen LogP contribution in [0.25, 0.3) is 0 Å². The van der Waals surface area contributed by atoms with Crippen LogP contribution in [0.1, 0.15) is 18.9 Å². The van der Waals surface area contributed by atoms with Crippen molar-refractivity contribution in [1.82, 2.24) is 0 Å². The third kappa shape index (κ3) is 4.76. The Morgan fingerprint density at radius 2 is 2.00 bits per heavy atom. The topological polar surface area (TPSA) is 92.3 Å². The van der Waals surface area contributed by atoms with Crippen molar-refractivity contribution in [3.63, 3.8) is 0 Å². The van der Waals surface area contributed by atoms with Gasteiger partial charge in [0.2, 0.25) is 11.8 Å². The van der Waals surface area contributed by atoms with Gasteiger partial charge < -0.3 is 10.6 Å². The second kappa shape index (κ2) is 8.26. The van der Waals surface area contributed by atoms with E-state index in [0.717, 1.165) is 14.9 Å². The van der Waals surface area contributed by atoms with Crippen molar-refractivity contribution in [2.24, 2.45) is 0 Å². The Bertz CT molecular complexity index is 1050. The number of halogens is 1. The molecule has 0 bridgehead atoms. The molecule has 1 aliphatic rings. The number of benzene rings is 2. The Morgan fingerprint density at radius 3 is 2.71 bits per heavy atom. The maximum atomic E-state index is 12.6. The van der Waals surface area contributed by atoms with Crippen LogP contribution in [-0.2, 0) is 19.4 Å². The van der Waals surface area contributed by atoms with Crippen LogP contribution in [0.3, 0.4) is 0 Å². The molecule has 9 heteroatoms. The summed E-state index contributed by atoms with van der Waals surface area (Å²) in [6, 6.07) is 10.0. The number of anilines is 2. The predicted molar refractivity (Wildman–Crippen MR) is 115 cm³/mol. The third-order valence-corrected chi connectivity index (χ3v) is 8.06. The molecular formula is C19H19BrN2O4S2. The second-order valence-corrected chi connectivity index (χ2v) is 10.8. The van der Waals surface area contributed by atoms with E-state index in [1.54, 1.807) is 25.1 Å². The lowest BCUT2D eigenvalue weighted by atomic mass is 10.2. The molecule has 0 saturated carbocycles. The third-order valence-electron chi connectivity index (χ3n) is 4.28. The zero-order valence-corrected chi connectivity index (χ0v) is 18.5. The molecule has 2 aromatic rings. The van der Waals surface area contributed by atoms with Gasteiger partial charge in [0, 0.05) is 21.5 Å². The largest absolute Gasteiger partial charge is 0.326 e. The molecule has 1 atom stereocenters. The average Bonchev–Trinajstić information content (AvgIpc) is 2.64. The highest BCUT2D eigenvalue weighted by Crippen LogP contribution is 2.36. The van der Waals surface area contributed by atoms with Gasteiger partial charge in [0.05, 0.1) is 21.6 Å². The van der Waals surface area contributed by atoms with Crippen LogP contribution >= 0.6 is 27.7 Å². The summed E-state index contributed by atoms with van der Waals surface area (Å²) in [6.45, 7) is 3.69. The monoisotopic (exact) mass is 482 g/mol. The van der Waals surface area contributed by atoms with E-state index in [2.05, 4.69) is 26.6 Å². The van der Waals surface area contributed by atoms with Crippen LogP contribution in [0.15, 0.2) is 50.7 Å². The molecule has 0 saturated heterocycles. The Morgan fingerprint density at radius 1 is 1.25 bits per heavy atom. The molecule has 0 aromatic heterocycles. The van der Waals surface area contributed by atoms with E-state index in [9.17, 15) is 18.0 Å². The normalized spacial score (nSPS) is 16.2. The Hall–Kier alpha value is -1.84. The molecule has 148 valence electrons. The summed E-state index contributed by atoms with van der Waals surface area (Å²) >= 11 is 4.78. The molecule has 0 aliphatic carbocycles. The lowest BCUT2D eigenvalue weighted by molar-refractivity contribution is -0.116. The highest BCUT2D eigenvalue weighted by Gasteiger charge is 2.25. The van der Waals surface area contributed by atoms with Gasteiger partial charge in [-0.2, -0.15) is 0 Å². The van der Waals surface area contributed by atoms with Crippen LogP contribution < -0.4 is 10.6 Å². The molecule has 1 aliphatic heterocycles. The summed E-state index contributed by atoms with van der Waals surface area (Å²) in [6.07, 6.45) is -0.160. The van der Waals surface area contributed by atoms with Crippen molar-refractivity contribution < 1.29 is 18.0 Å². The van der Waals surface area contributed by atoms with Gasteiger partial charge in [0.1, 0.15) is 0 Å². The Labute approximate surface area is 176 Å². The second-order valence-electron chi connectivity index (χ2n) is 6.49. The zero-order valence-electron chi connectivity index (χ0n) is 15.3. The van der Waals surface area contributed by atoms with Gasteiger partial charge >= 0.3 is 0 Å². The van der Waals surface area contributed by atoms with Crippen LogP contribution in [0.2, 0.25) is 0 Å². The smallest absolute Gasteiger partial charge is 0.237 e. The van der Waals surface area contributed by atoms with Gasteiger partial charge in [-0.15, -0.1) is 11.8 Å². The number of amides is 2. The van der Waals surface area contributed by atoms with Gasteiger partial charge in [0.15, 0.2) is 9.84 Å². The molecule has 3 rings (SSSR count). The molecule has 2 aromatic carbocycles. The van der Waals surface area contributed by atoms with Crippen molar-refractivity contribution in [3.8, 4) is 0 Å². The van der Waals surface area contributed by atoms with Gasteiger partial charge in [-0.3, -0.25) is 9.59 Å². The first-order valence-corrected chi connectivity index (χ1v) is 11.9. The first-order chi connectivity index (χ1) is 13.2. The fourth-order valence-corrected chi connectivity index (χ4v) is 5.11. The number of hydrogen-bond donors (Lipinski definition) is 2. The van der Waals surface area contributed by atoms with Crippen molar-refractivity contribution in [2.45, 2.75) is 35.3 Å². The van der Waals surface area contributed by atoms with Gasteiger partial charge in [-0.1, -0.05) is 15.9 Å². The van der Waals surface area contributed by atoms with Crippen molar-refractivity contribution >= 4 is 60.7 Å². The lowest BCUT2D eigenvalue weighted by Gasteiger charge is -2.21. The molecule has 2 N–H and O–H groups in total. The maximum Gasteiger partial charge on any atom is 0.237 e. The Kier molecular flexibility index (Phi) is 6.16. The van der Waals surface area contributed by atoms with Crippen molar-refractivity contribution in [1.29, 1.82) is 0 Å². The van der Waals surface area contributed by atoms with Crippen molar-refractivity contribution in [2.75, 3.05) is 16.4 Å². The minimum atomic E-state index is -3.66. The molecule has 0 radical (unpaired) electrons. The fourth-order valence-electron chi connectivity index (χ4n) is 2.67. The van der Waals surface area contributed by atoms with Crippen LogP contribution in [0, 0.1) is 6.92 Å². The highest BCUT2D eigenvalue weighted by atomic mass is 79.9. The summed E-state index contributed by atoms with van der Waals surface area (Å²) in [5.41, 5.74) is 2.07. The standard InChI is InChI=1S/C19H19BrN2O4S2/c1-11-9-13(3-5-15(11)20)21-18(23)7-8-28(25,26)14-4-6-17-16(10-14)22-19(24)12(2)27-17/h3-6,9-10,12H,7-8H2,1-2H3,(H,21,23)(H,22,24)/t12-/m0/s1. The van der Waals surface area contributed by atoms with Gasteiger partial charge in [-0.05, 0) is 55.8 Å². The van der Waals surface area contributed by atoms with E-state index in [0.29, 0.717) is 11.4 Å². The van der Waals surface area contributed by atoms with Crippen molar-refractivity contribution in [3.05, 3.63) is 46.4 Å². The number of nitrogens with one attached hydrogen (secondary N) is 2. The van der Waals surface area contributed by atoms with Gasteiger partial charge in [-0.25, -0.2) is 8.42 Å². The quantitative estimate of drug-likeness (QED) is 0.671. The lowest BCUT2D eigenvalue weighted by Crippen LogP contribution is -2.26. The van der Waals surface area contributed by atoms with E-state index >= 15 is 0 Å². The molecular weight excluding hydrogens is 464 g/mol. The van der Waals surface area contributed by atoms with E-state index in [4.69, 9.17) is 0 Å². The number of sulfone groups is 1. The number of thioether (sulfide) groups is 1. The Balaban J connectivity index is 1.67. The minimum Gasteiger partial charge on any atom is -0.326 e. The average molecular weight is 483 g/mol. The fraction of sp³-hybridized carbons (Fsp3) is 0.263. The molecule has 0 unspecified atom stereocenters. The number of fused-ring (bicyclic) bond motifs is 1. The summed E-state index contributed by atoms with van der Waals surface area (Å²) in [7, 11) is -3.66. The summed E-state index contributed by atoms with van der Waals surface area (Å²) in [5.74, 6) is -0.845. The molecule has 1 heterocycles. The number of rotatable bonds is 5. The van der Waals surface area contributed by atoms with E-state index in [1.165, 1.54) is 23.9 Å². The molecule has 6 nitrogen and oxygen atoms in total. The van der Waals surface area contributed by atoms with Crippen LogP contribution in [0.4, 0.5) is 11.4 Å². The predicted octanol–water partition coefficient (Wildman–Crippen LogP) is 3.99. The summed E-state index contributed by atoms with van der Waals surface area (Å²) in [4.78, 5) is 24.9.